The maximum atomic E-state index is 14.9. The number of carbonyl (C=O) groups excluding carboxylic acids is 13. The first-order valence-electron chi connectivity index (χ1n) is 47.1. The molecule has 143 heavy (non-hydrogen) atoms. The summed E-state index contributed by atoms with van der Waals surface area (Å²) in [7, 11) is -10.8. The van der Waals surface area contributed by atoms with Crippen LogP contribution in [0.2, 0.25) is 0 Å². The number of nitrogens with zero attached hydrogens (tertiary/aromatic N) is 8. The molecule has 2 aromatic carbocycles. The van der Waals surface area contributed by atoms with Gasteiger partial charge in [0.2, 0.25) is 59.1 Å². The number of aromatic nitrogens is 4. The molecule has 0 spiro atoms. The number of ketones is 1. The fraction of sp³-hybridized carbons (Fsp3) is 0.656. The summed E-state index contributed by atoms with van der Waals surface area (Å²) in [6.45, 7) is 16.1. The number of ether oxygens (including phenoxy) is 4. The number of likely N-dealkylation sites (tertiary alicyclic amines) is 2. The summed E-state index contributed by atoms with van der Waals surface area (Å²) in [6.07, 6.45) is -7.35. The number of hydrogen-bond acceptors (Lipinski definition) is 32. The van der Waals surface area contributed by atoms with Crippen molar-refractivity contribution in [2.75, 3.05) is 91.1 Å². The predicted molar refractivity (Wildman–Crippen MR) is 517 cm³/mol. The summed E-state index contributed by atoms with van der Waals surface area (Å²) in [4.78, 5) is 247. The Morgan fingerprint density at radius 3 is 2.02 bits per heavy atom. The van der Waals surface area contributed by atoms with Gasteiger partial charge in [0, 0.05) is 109 Å². The van der Waals surface area contributed by atoms with Gasteiger partial charge in [-0.05, 0) is 91.9 Å². The number of imidazole rings is 1. The highest BCUT2D eigenvalue weighted by atomic mass is 32.2. The molecule has 3 unspecified atom stereocenters. The molecule has 49 nitrogen and oxygen atoms in total. The highest BCUT2D eigenvalue weighted by Gasteiger charge is 2.52. The number of phosphoric ester groups is 3. The monoisotopic (exact) mass is 2100 g/mol. The smallest absolute Gasteiger partial charge is 0.481 e. The second-order valence-electron chi connectivity index (χ2n) is 37.4. The molecular formula is C90H140N17O32P3S. The third-order valence-electron chi connectivity index (χ3n) is 25.1. The zero-order valence-electron chi connectivity index (χ0n) is 83.0. The lowest BCUT2D eigenvalue weighted by molar-refractivity contribution is -0.148. The van der Waals surface area contributed by atoms with Crippen molar-refractivity contribution in [3.05, 3.63) is 78.4 Å². The fourth-order valence-electron chi connectivity index (χ4n) is 17.0. The van der Waals surface area contributed by atoms with Crippen LogP contribution in [0.3, 0.4) is 0 Å². The average Bonchev–Trinajstić information content (AvgIpc) is 1.61. The zero-order chi connectivity index (χ0) is 106. The number of unbranched alkanes of at least 4 members (excludes halogenated alkanes) is 2. The lowest BCUT2D eigenvalue weighted by Gasteiger charge is -2.41. The van der Waals surface area contributed by atoms with Gasteiger partial charge in [-0.1, -0.05) is 131 Å². The molecule has 2 aromatic heterocycles. The molecular weight excluding hydrogens is 1960 g/mol. The first kappa shape index (κ1) is 120. The third kappa shape index (κ3) is 35.6. The molecule has 53 heteroatoms. The van der Waals surface area contributed by atoms with E-state index in [2.05, 4.69) is 61.0 Å². The third-order valence-corrected chi connectivity index (χ3v) is 29.4. The number of nitrogens with one attached hydrogen (secondary N) is 7. The molecule has 7 rings (SSSR count). The lowest BCUT2D eigenvalue weighted by Crippen LogP contribution is -2.60. The van der Waals surface area contributed by atoms with Crippen molar-refractivity contribution in [1.29, 1.82) is 0 Å². The second-order valence-corrected chi connectivity index (χ2v) is 42.9. The molecule has 13 amide bonds. The van der Waals surface area contributed by atoms with Crippen LogP contribution in [0, 0.1) is 40.9 Å². The number of carboxylic acids is 1. The van der Waals surface area contributed by atoms with E-state index in [1.165, 1.54) is 52.1 Å². The number of aliphatic hydroxyl groups excluding tert-OH is 2. The summed E-state index contributed by atoms with van der Waals surface area (Å²) in [6, 6.07) is 8.65. The van der Waals surface area contributed by atoms with E-state index in [0.717, 1.165) is 44.3 Å². The molecule has 0 saturated carbocycles. The highest BCUT2D eigenvalue weighted by molar-refractivity contribution is 8.00. The van der Waals surface area contributed by atoms with Crippen LogP contribution in [0.5, 0.6) is 0 Å². The molecule has 798 valence electrons. The lowest BCUT2D eigenvalue weighted by atomic mass is 9.85. The number of benzene rings is 2. The number of aliphatic carboxylic acids is 1. The number of carboxylic acid groups (broad SMARTS) is 1. The van der Waals surface area contributed by atoms with Gasteiger partial charge in [0.25, 0.3) is 0 Å². The molecule has 3 fully saturated rings. The summed E-state index contributed by atoms with van der Waals surface area (Å²) in [5.74, 6) is -10.4. The van der Waals surface area contributed by atoms with Gasteiger partial charge >= 0.3 is 41.6 Å². The Morgan fingerprint density at radius 2 is 1.40 bits per heavy atom. The maximum absolute atomic E-state index is 14.9. The SMILES string of the molecule is CC[C@H](C)[C@@H]([C@@H](CC(=O)N1CCC[C@H]1[C@H](OC)[C@@H](C)C(=O)C[C@@H](Cc1ccccc1)C(=O)O)OC)N(C)C(=O)[C@@H](NC(=O)[C@H](C(C)C)N(C)C(=O)OCc1ccc(NC(=O)[C@H](CCCNC(N)=O)NC(=O)[C@@H](NC(=O)CCCCCN2C(=O)CC(SCCNC(=O)CCNC(=O)[C@H](O)C(C)(C)COP(=O)(O)OP(=O)(O)OC[C@@H]3O[C@H](n4cnc5c(N)ncnc54)[C@H](O)[C@@H]3OP(=O)(O)O)C2=O)C(C)C)cc1)C(C)C. The predicted octanol–water partition coefficient (Wildman–Crippen LogP) is 4.10. The first-order valence-corrected chi connectivity index (χ1v) is 52.7. The van der Waals surface area contributed by atoms with E-state index in [1.54, 1.807) is 84.7 Å². The van der Waals surface area contributed by atoms with Gasteiger partial charge in [-0.2, -0.15) is 4.31 Å². The maximum Gasteiger partial charge on any atom is 0.481 e. The van der Waals surface area contributed by atoms with Crippen molar-refractivity contribution in [2.45, 2.75) is 257 Å². The van der Waals surface area contributed by atoms with Crippen molar-refractivity contribution in [3.8, 4) is 0 Å². The number of rotatable bonds is 60. The van der Waals surface area contributed by atoms with E-state index in [0.29, 0.717) is 50.6 Å². The van der Waals surface area contributed by atoms with E-state index < -0.39 is 227 Å². The molecule has 3 aliphatic heterocycles. The Bertz CT molecular complexity index is 5160. The van der Waals surface area contributed by atoms with Crippen LogP contribution >= 0.6 is 35.2 Å². The summed E-state index contributed by atoms with van der Waals surface area (Å²) in [5.41, 5.74) is 10.9. The van der Waals surface area contributed by atoms with Gasteiger partial charge in [0.05, 0.1) is 61.4 Å². The van der Waals surface area contributed by atoms with Crippen molar-refractivity contribution >= 4 is 141 Å². The number of aliphatic hydroxyl groups is 2. The van der Waals surface area contributed by atoms with Crippen molar-refractivity contribution in [1.82, 2.24) is 71.0 Å². The van der Waals surface area contributed by atoms with Crippen LogP contribution in [0.1, 0.15) is 177 Å². The van der Waals surface area contributed by atoms with Crippen LogP contribution in [-0.4, -0.2) is 315 Å². The number of anilines is 2. The zero-order valence-corrected chi connectivity index (χ0v) is 86.5. The number of imide groups is 1. The average molecular weight is 2100 g/mol. The fourth-order valence-corrected chi connectivity index (χ4v) is 20.9. The van der Waals surface area contributed by atoms with Crippen LogP contribution < -0.4 is 48.7 Å². The molecule has 18 N–H and O–H groups in total. The van der Waals surface area contributed by atoms with Crippen LogP contribution in [-0.2, 0) is 121 Å². The minimum absolute atomic E-state index is 0.00246. The van der Waals surface area contributed by atoms with Crippen molar-refractivity contribution in [3.63, 3.8) is 0 Å². The standard InChI is InChI=1S/C90H140N17O32P3S/c1-16-53(8)73(62(132-14)43-67(111)105-39-24-28-60(105)75(133-15)54(9)61(108)42-57(87(121)122)41-55-25-19-17-20-26-55)103(12)85(120)70(51(4)5)102-82(117)72(52(6)7)104(13)89(124)134-45-56-30-32-58(33-31-56)99-80(115)59(27-23-35-95-88(92)123)100-81(116)69(50(2)3)101-66(110)29-21-18-22-38-106-68(112)44-64(84(106)119)143-40-37-93-65(109)34-36-94-83(118)77(114)90(10,11)47-136-142(130,131)139-141(128,129)135-46-63-76(138-140(125,126)127)74(113)86(137-63)107-49-98-71-78(91)96-48-97-79(71)107/h17,19-20,25-26,30-33,48-54,57,59-60,62-64,69-70,72-77,86,113-114H,16,18,21-24,27-29,34-47H2,1-15H3,(H,93,109)(H,94,118)(H,99,115)(H,100,116)(H,101,110)(H,102,117)(H,121,122)(H,128,129)(H,130,131)(H2,91,96,97)(H3,92,95,123)(H2,125,126,127)/t53-,54-,57+,59-,60-,62+,63-,64?,69-,70-,72-,73-,74+,75+,76+,77-,86-/m0/s1. The highest BCUT2D eigenvalue weighted by Crippen LogP contribution is 2.61. The van der Waals surface area contributed by atoms with Gasteiger partial charge in [-0.3, -0.25) is 85.5 Å². The molecule has 19 atom stereocenters. The quantitative estimate of drug-likeness (QED) is 0.0168. The number of Topliss-reactive ketones (excluding diaryl/α,β-unsaturated/α-hetero) is 1. The summed E-state index contributed by atoms with van der Waals surface area (Å²) in [5, 5.41) is 49.8. The molecule has 0 aliphatic carbocycles. The van der Waals surface area contributed by atoms with Crippen molar-refractivity contribution in [2.24, 2.45) is 46.7 Å². The Hall–Kier alpha value is -10.1. The number of fused-ring (bicyclic) bond motifs is 1. The Labute approximate surface area is 833 Å². The van der Waals surface area contributed by atoms with E-state index in [4.69, 9.17) is 39.5 Å². The number of phosphoric acid groups is 3. The number of primary amides is 1. The molecule has 4 aromatic rings. The van der Waals surface area contributed by atoms with Crippen LogP contribution in [0.4, 0.5) is 21.1 Å². The van der Waals surface area contributed by atoms with Crippen LogP contribution in [0.25, 0.3) is 11.2 Å². The number of likely N-dealkylation sites (N-methyl/N-ethyl adjacent to an activating group) is 2. The molecule has 0 bridgehead atoms. The Balaban J connectivity index is 0.807. The minimum atomic E-state index is -5.68. The first-order chi connectivity index (χ1) is 67.1. The number of thioether (sulfide) groups is 1. The van der Waals surface area contributed by atoms with E-state index in [-0.39, 0.29) is 130 Å². The molecule has 3 saturated heterocycles. The number of methoxy groups -OCH3 is 2. The number of urea groups is 1. The van der Waals surface area contributed by atoms with Crippen LogP contribution in [0.15, 0.2) is 67.3 Å². The number of hydrogen-bond donors (Lipinski definition) is 16. The van der Waals surface area contributed by atoms with Gasteiger partial charge in [0.15, 0.2) is 17.7 Å². The van der Waals surface area contributed by atoms with E-state index in [9.17, 15) is 116 Å². The largest absolute Gasteiger partial charge is 0.481 e. The van der Waals surface area contributed by atoms with Gasteiger partial charge in [-0.15, -0.1) is 11.8 Å². The molecule has 3 aliphatic rings. The summed E-state index contributed by atoms with van der Waals surface area (Å²) >= 11 is 1.13. The van der Waals surface area contributed by atoms with Gasteiger partial charge < -0.3 is 112 Å². The molecule has 5 heterocycles. The summed E-state index contributed by atoms with van der Waals surface area (Å²) < 4.78 is 80.8. The number of carbonyl (C=O) groups is 14. The number of amides is 13. The number of nitrogen functional groups attached to an aromatic ring is 1. The topological polar surface area (TPSA) is 698 Å². The van der Waals surface area contributed by atoms with E-state index in [1.807, 2.05) is 32.0 Å². The van der Waals surface area contributed by atoms with Gasteiger partial charge in [-0.25, -0.2) is 38.2 Å². The Morgan fingerprint density at radius 1 is 0.727 bits per heavy atom. The van der Waals surface area contributed by atoms with Gasteiger partial charge in [0.1, 0.15) is 72.8 Å². The Kier molecular flexibility index (Phi) is 46.5. The van der Waals surface area contributed by atoms with Crippen molar-refractivity contribution < 1.29 is 153 Å². The normalized spacial score (nSPS) is 19.9. The van der Waals surface area contributed by atoms with E-state index >= 15 is 0 Å². The second kappa shape index (κ2) is 55.4. The number of nitrogens with two attached hydrogens (primary N) is 2. The minimum Gasteiger partial charge on any atom is -0.481 e. The molecule has 0 radical (unpaired) electrons.